The zero-order chi connectivity index (χ0) is 19.4. The van der Waals surface area contributed by atoms with Crippen molar-refractivity contribution in [3.05, 3.63) is 59.9 Å². The van der Waals surface area contributed by atoms with Gasteiger partial charge in [0.15, 0.2) is 6.10 Å². The van der Waals surface area contributed by atoms with Crippen LogP contribution in [0.15, 0.2) is 51.6 Å². The van der Waals surface area contributed by atoms with Crippen LogP contribution in [0.25, 0.3) is 11.4 Å². The summed E-state index contributed by atoms with van der Waals surface area (Å²) in [4.78, 5) is 15.9. The van der Waals surface area contributed by atoms with Crippen molar-refractivity contribution >= 4 is 5.97 Å². The number of furan rings is 1. The summed E-state index contributed by atoms with van der Waals surface area (Å²) in [6, 6.07) is 8.03. The van der Waals surface area contributed by atoms with Gasteiger partial charge in [0.05, 0.1) is 18.2 Å². The number of rotatable bonds is 6. The van der Waals surface area contributed by atoms with Crippen molar-refractivity contribution in [3.8, 4) is 11.4 Å². The topological polar surface area (TPSA) is 78.4 Å². The first kappa shape index (κ1) is 18.7. The first-order valence-corrected chi connectivity index (χ1v) is 8.06. The molecule has 0 aliphatic heterocycles. The van der Waals surface area contributed by atoms with Crippen LogP contribution < -0.4 is 0 Å². The third kappa shape index (κ3) is 4.75. The van der Waals surface area contributed by atoms with E-state index in [2.05, 4.69) is 10.1 Å². The molecule has 0 saturated carbocycles. The number of benzene rings is 1. The molecular formula is C18H15F3N2O4. The Kier molecular flexibility index (Phi) is 5.29. The van der Waals surface area contributed by atoms with Crippen LogP contribution in [0.5, 0.6) is 0 Å². The number of hydrogen-bond donors (Lipinski definition) is 0. The molecule has 3 rings (SSSR count). The Labute approximate surface area is 151 Å². The monoisotopic (exact) mass is 380 g/mol. The van der Waals surface area contributed by atoms with E-state index in [9.17, 15) is 18.0 Å². The molecule has 142 valence electrons. The summed E-state index contributed by atoms with van der Waals surface area (Å²) in [5.41, 5.74) is -0.667. The molecule has 0 aliphatic carbocycles. The van der Waals surface area contributed by atoms with Crippen molar-refractivity contribution in [1.82, 2.24) is 10.1 Å². The van der Waals surface area contributed by atoms with Gasteiger partial charge in [-0.3, -0.25) is 4.79 Å². The Bertz CT molecular complexity index is 903. The lowest BCUT2D eigenvalue weighted by Gasteiger charge is -2.08. The lowest BCUT2D eigenvalue weighted by molar-refractivity contribution is -0.149. The van der Waals surface area contributed by atoms with E-state index in [0.717, 1.165) is 12.1 Å². The van der Waals surface area contributed by atoms with Crippen molar-refractivity contribution in [3.63, 3.8) is 0 Å². The van der Waals surface area contributed by atoms with Crippen LogP contribution in [0.4, 0.5) is 13.2 Å². The maximum Gasteiger partial charge on any atom is 0.416 e. The third-order valence-electron chi connectivity index (χ3n) is 3.70. The van der Waals surface area contributed by atoms with Crippen molar-refractivity contribution in [2.75, 3.05) is 0 Å². The number of ether oxygens (including phenoxy) is 1. The van der Waals surface area contributed by atoms with Gasteiger partial charge in [-0.2, -0.15) is 18.2 Å². The summed E-state index contributed by atoms with van der Waals surface area (Å²) in [7, 11) is 0. The van der Waals surface area contributed by atoms with Gasteiger partial charge in [-0.15, -0.1) is 0 Å². The summed E-state index contributed by atoms with van der Waals surface area (Å²) in [5.74, 6) is 0.144. The SMILES string of the molecule is CC(OC(=O)CCc1ccco1)c1nc(-c2cccc(C(F)(F)F)c2)no1. The third-order valence-corrected chi connectivity index (χ3v) is 3.70. The van der Waals surface area contributed by atoms with Crippen molar-refractivity contribution in [2.24, 2.45) is 0 Å². The Morgan fingerprint density at radius 3 is 2.78 bits per heavy atom. The molecule has 2 heterocycles. The van der Waals surface area contributed by atoms with Crippen LogP contribution >= 0.6 is 0 Å². The molecule has 0 radical (unpaired) electrons. The maximum absolute atomic E-state index is 12.8. The Balaban J connectivity index is 1.63. The number of hydrogen-bond acceptors (Lipinski definition) is 6. The maximum atomic E-state index is 12.8. The average Bonchev–Trinajstić information content (AvgIpc) is 3.31. The summed E-state index contributed by atoms with van der Waals surface area (Å²) in [6.07, 6.45) is -3.30. The van der Waals surface area contributed by atoms with Gasteiger partial charge in [-0.1, -0.05) is 17.3 Å². The van der Waals surface area contributed by atoms with Crippen LogP contribution in [-0.4, -0.2) is 16.1 Å². The fourth-order valence-corrected chi connectivity index (χ4v) is 2.34. The molecule has 0 spiro atoms. The van der Waals surface area contributed by atoms with E-state index in [0.29, 0.717) is 12.2 Å². The predicted octanol–water partition coefficient (Wildman–Crippen LogP) is 4.59. The number of alkyl halides is 3. The Morgan fingerprint density at radius 1 is 1.26 bits per heavy atom. The zero-order valence-electron chi connectivity index (χ0n) is 14.2. The van der Waals surface area contributed by atoms with Crippen molar-refractivity contribution < 1.29 is 31.6 Å². The van der Waals surface area contributed by atoms with E-state index in [1.54, 1.807) is 12.1 Å². The van der Waals surface area contributed by atoms with Gasteiger partial charge in [0.2, 0.25) is 5.82 Å². The molecular weight excluding hydrogens is 365 g/mol. The zero-order valence-corrected chi connectivity index (χ0v) is 14.2. The molecule has 0 aliphatic rings. The van der Waals surface area contributed by atoms with Crippen LogP contribution in [0.2, 0.25) is 0 Å². The van der Waals surface area contributed by atoms with Gasteiger partial charge in [0.25, 0.3) is 5.89 Å². The van der Waals surface area contributed by atoms with Crippen LogP contribution in [0.3, 0.4) is 0 Å². The molecule has 0 amide bonds. The number of halogens is 3. The average molecular weight is 380 g/mol. The fourth-order valence-electron chi connectivity index (χ4n) is 2.34. The quantitative estimate of drug-likeness (QED) is 0.582. The summed E-state index contributed by atoms with van der Waals surface area (Å²) < 4.78 is 53.8. The minimum absolute atomic E-state index is 0.00578. The number of nitrogens with zero attached hydrogens (tertiary/aromatic N) is 2. The molecule has 0 N–H and O–H groups in total. The molecule has 6 nitrogen and oxygen atoms in total. The number of aromatic nitrogens is 2. The first-order valence-electron chi connectivity index (χ1n) is 8.06. The van der Waals surface area contributed by atoms with Crippen LogP contribution in [0.1, 0.15) is 36.7 Å². The molecule has 0 bridgehead atoms. The highest BCUT2D eigenvalue weighted by atomic mass is 19.4. The minimum atomic E-state index is -4.47. The van der Waals surface area contributed by atoms with Gasteiger partial charge in [0.1, 0.15) is 5.76 Å². The summed E-state index contributed by atoms with van der Waals surface area (Å²) >= 11 is 0. The molecule has 1 aromatic carbocycles. The lowest BCUT2D eigenvalue weighted by Crippen LogP contribution is -2.10. The molecule has 1 unspecified atom stereocenters. The minimum Gasteiger partial charge on any atom is -0.469 e. The molecule has 9 heteroatoms. The van der Waals surface area contributed by atoms with Crippen LogP contribution in [-0.2, 0) is 22.1 Å². The number of aryl methyl sites for hydroxylation is 1. The second-order valence-electron chi connectivity index (χ2n) is 5.75. The highest BCUT2D eigenvalue weighted by Gasteiger charge is 2.31. The highest BCUT2D eigenvalue weighted by molar-refractivity contribution is 5.69. The van der Waals surface area contributed by atoms with Crippen LogP contribution in [0, 0.1) is 0 Å². The van der Waals surface area contributed by atoms with Crippen molar-refractivity contribution in [2.45, 2.75) is 32.0 Å². The second kappa shape index (κ2) is 7.65. The molecule has 27 heavy (non-hydrogen) atoms. The van der Waals surface area contributed by atoms with Gasteiger partial charge in [-0.25, -0.2) is 0 Å². The normalized spacial score (nSPS) is 12.7. The van der Waals surface area contributed by atoms with Crippen molar-refractivity contribution in [1.29, 1.82) is 0 Å². The molecule has 0 saturated heterocycles. The van der Waals surface area contributed by atoms with Gasteiger partial charge in [-0.05, 0) is 31.2 Å². The van der Waals surface area contributed by atoms with E-state index in [-0.39, 0.29) is 23.7 Å². The standard InChI is InChI=1S/C18H15F3N2O4/c1-11(26-15(24)8-7-14-6-3-9-25-14)17-22-16(23-27-17)12-4-2-5-13(10-12)18(19,20)21/h2-6,9-11H,7-8H2,1H3. The predicted molar refractivity (Wildman–Crippen MR) is 86.3 cm³/mol. The number of carbonyl (C=O) groups excluding carboxylic acids is 1. The van der Waals surface area contributed by atoms with Gasteiger partial charge < -0.3 is 13.7 Å². The molecule has 0 fully saturated rings. The number of carbonyl (C=O) groups is 1. The van der Waals surface area contributed by atoms with E-state index in [4.69, 9.17) is 13.7 Å². The Morgan fingerprint density at radius 2 is 2.07 bits per heavy atom. The van der Waals surface area contributed by atoms with Gasteiger partial charge >= 0.3 is 12.1 Å². The fraction of sp³-hybridized carbons (Fsp3) is 0.278. The molecule has 2 aromatic heterocycles. The van der Waals surface area contributed by atoms with E-state index >= 15 is 0 Å². The lowest BCUT2D eigenvalue weighted by atomic mass is 10.1. The van der Waals surface area contributed by atoms with E-state index in [1.165, 1.54) is 25.3 Å². The summed E-state index contributed by atoms with van der Waals surface area (Å²) in [5, 5.41) is 3.66. The van der Waals surface area contributed by atoms with E-state index in [1.807, 2.05) is 0 Å². The molecule has 3 aromatic rings. The first-order chi connectivity index (χ1) is 12.8. The van der Waals surface area contributed by atoms with Gasteiger partial charge in [0, 0.05) is 12.0 Å². The molecule has 1 atom stereocenters. The second-order valence-corrected chi connectivity index (χ2v) is 5.75. The summed E-state index contributed by atoms with van der Waals surface area (Å²) in [6.45, 7) is 1.54. The Hall–Kier alpha value is -3.10. The number of esters is 1. The largest absolute Gasteiger partial charge is 0.469 e. The van der Waals surface area contributed by atoms with E-state index < -0.39 is 23.8 Å². The highest BCUT2D eigenvalue weighted by Crippen LogP contribution is 2.31. The smallest absolute Gasteiger partial charge is 0.416 e.